The third kappa shape index (κ3) is 3.00. The number of thiazole rings is 1. The average molecular weight is 334 g/mol. The summed E-state index contributed by atoms with van der Waals surface area (Å²) in [6.45, 7) is 2.01. The van der Waals surface area contributed by atoms with E-state index in [1.54, 1.807) is 11.3 Å². The molecule has 3 N–H and O–H groups in total. The third-order valence-corrected chi connectivity index (χ3v) is 4.42. The SMILES string of the molecule is Cc1ccc(Nc2nc3ccc(Cl)cc3s2)c(C(N)=S)c1. The van der Waals surface area contributed by atoms with Crippen LogP contribution >= 0.6 is 35.2 Å². The van der Waals surface area contributed by atoms with Crippen LogP contribution in [0.5, 0.6) is 0 Å². The Bertz CT molecular complexity index is 842. The number of halogens is 1. The van der Waals surface area contributed by atoms with Gasteiger partial charge in [0.25, 0.3) is 0 Å². The van der Waals surface area contributed by atoms with Crippen LogP contribution in [0.25, 0.3) is 10.2 Å². The minimum atomic E-state index is 0.366. The number of nitrogens with zero attached hydrogens (tertiary/aromatic N) is 1. The van der Waals surface area contributed by atoms with Gasteiger partial charge in [-0.05, 0) is 37.3 Å². The van der Waals surface area contributed by atoms with Gasteiger partial charge in [-0.15, -0.1) is 0 Å². The van der Waals surface area contributed by atoms with Crippen molar-refractivity contribution in [2.45, 2.75) is 6.92 Å². The van der Waals surface area contributed by atoms with Crippen molar-refractivity contribution in [3.8, 4) is 0 Å². The first kappa shape index (κ1) is 14.3. The van der Waals surface area contributed by atoms with E-state index in [0.717, 1.165) is 32.2 Å². The molecule has 0 fully saturated rings. The Labute approximate surface area is 136 Å². The predicted molar refractivity (Wildman–Crippen MR) is 95.0 cm³/mol. The maximum absolute atomic E-state index is 6.00. The molecule has 106 valence electrons. The first-order chi connectivity index (χ1) is 10.0. The van der Waals surface area contributed by atoms with Crippen LogP contribution < -0.4 is 11.1 Å². The number of hydrogen-bond acceptors (Lipinski definition) is 4. The number of nitrogens with one attached hydrogen (secondary N) is 1. The molecule has 3 nitrogen and oxygen atoms in total. The van der Waals surface area contributed by atoms with Crippen molar-refractivity contribution < 1.29 is 0 Å². The lowest BCUT2D eigenvalue weighted by molar-refractivity contribution is 1.41. The molecule has 0 bridgehead atoms. The van der Waals surface area contributed by atoms with Gasteiger partial charge < -0.3 is 11.1 Å². The fourth-order valence-corrected chi connectivity index (χ4v) is 3.36. The van der Waals surface area contributed by atoms with Crippen LogP contribution in [0.1, 0.15) is 11.1 Å². The van der Waals surface area contributed by atoms with Crippen molar-refractivity contribution in [3.63, 3.8) is 0 Å². The van der Waals surface area contributed by atoms with Gasteiger partial charge in [0, 0.05) is 10.6 Å². The van der Waals surface area contributed by atoms with E-state index in [2.05, 4.69) is 10.3 Å². The molecule has 0 radical (unpaired) electrons. The smallest absolute Gasteiger partial charge is 0.188 e. The van der Waals surface area contributed by atoms with Gasteiger partial charge in [0.15, 0.2) is 5.13 Å². The first-order valence-corrected chi connectivity index (χ1v) is 7.87. The Morgan fingerprint density at radius 2 is 2.10 bits per heavy atom. The van der Waals surface area contributed by atoms with Crippen molar-refractivity contribution in [1.29, 1.82) is 0 Å². The van der Waals surface area contributed by atoms with E-state index in [1.807, 2.05) is 43.3 Å². The summed E-state index contributed by atoms with van der Waals surface area (Å²) in [6, 6.07) is 11.6. The van der Waals surface area contributed by atoms with Gasteiger partial charge >= 0.3 is 0 Å². The summed E-state index contributed by atoms with van der Waals surface area (Å²) in [5, 5.41) is 4.78. The van der Waals surface area contributed by atoms with Crippen LogP contribution in [0.3, 0.4) is 0 Å². The van der Waals surface area contributed by atoms with Gasteiger partial charge in [0.2, 0.25) is 0 Å². The number of nitrogens with two attached hydrogens (primary N) is 1. The molecule has 0 amide bonds. The molecule has 0 saturated carbocycles. The maximum atomic E-state index is 6.00. The molecule has 1 aromatic heterocycles. The third-order valence-electron chi connectivity index (χ3n) is 3.03. The Morgan fingerprint density at radius 3 is 2.86 bits per heavy atom. The molecule has 0 unspecified atom stereocenters. The predicted octanol–water partition coefficient (Wildman–Crippen LogP) is 4.64. The van der Waals surface area contributed by atoms with Crippen molar-refractivity contribution >= 4 is 61.2 Å². The molecule has 0 atom stereocenters. The van der Waals surface area contributed by atoms with Crippen molar-refractivity contribution in [2.24, 2.45) is 5.73 Å². The largest absolute Gasteiger partial charge is 0.389 e. The van der Waals surface area contributed by atoms with E-state index in [4.69, 9.17) is 29.6 Å². The van der Waals surface area contributed by atoms with Gasteiger partial charge in [0.1, 0.15) is 4.99 Å². The molecule has 0 spiro atoms. The number of thiocarbonyl (C=S) groups is 1. The highest BCUT2D eigenvalue weighted by atomic mass is 35.5. The number of anilines is 2. The highest BCUT2D eigenvalue weighted by Gasteiger charge is 2.09. The molecule has 0 aliphatic carbocycles. The standard InChI is InChI=1S/C15H12ClN3S2/c1-8-2-4-11(10(6-8)14(17)20)18-15-19-12-5-3-9(16)7-13(12)21-15/h2-7H,1H3,(H2,17,20)(H,18,19). The van der Waals surface area contributed by atoms with Crippen molar-refractivity contribution in [1.82, 2.24) is 4.98 Å². The summed E-state index contributed by atoms with van der Waals surface area (Å²) in [6.07, 6.45) is 0. The van der Waals surface area contributed by atoms with E-state index in [1.165, 1.54) is 0 Å². The number of rotatable bonds is 3. The molecule has 3 aromatic rings. The lowest BCUT2D eigenvalue weighted by Crippen LogP contribution is -2.12. The molecule has 0 aliphatic rings. The van der Waals surface area contributed by atoms with Gasteiger partial charge in [-0.1, -0.05) is 46.8 Å². The van der Waals surface area contributed by atoms with E-state index >= 15 is 0 Å². The summed E-state index contributed by atoms with van der Waals surface area (Å²) in [7, 11) is 0. The van der Waals surface area contributed by atoms with Crippen LogP contribution in [0.2, 0.25) is 5.02 Å². The van der Waals surface area contributed by atoms with E-state index in [-0.39, 0.29) is 0 Å². The summed E-state index contributed by atoms with van der Waals surface area (Å²) in [5.74, 6) is 0. The molecule has 0 saturated heterocycles. The van der Waals surface area contributed by atoms with Crippen LogP contribution in [-0.4, -0.2) is 9.97 Å². The number of hydrogen-bond donors (Lipinski definition) is 2. The van der Waals surface area contributed by atoms with Crippen molar-refractivity contribution in [2.75, 3.05) is 5.32 Å². The van der Waals surface area contributed by atoms with Gasteiger partial charge in [-0.25, -0.2) is 4.98 Å². The average Bonchev–Trinajstić information content (AvgIpc) is 2.82. The van der Waals surface area contributed by atoms with Gasteiger partial charge in [-0.2, -0.15) is 0 Å². The molecule has 21 heavy (non-hydrogen) atoms. The lowest BCUT2D eigenvalue weighted by Gasteiger charge is -2.09. The summed E-state index contributed by atoms with van der Waals surface area (Å²) < 4.78 is 1.04. The summed E-state index contributed by atoms with van der Waals surface area (Å²) in [5.41, 5.74) is 9.49. The second kappa shape index (κ2) is 5.60. The van der Waals surface area contributed by atoms with E-state index in [9.17, 15) is 0 Å². The van der Waals surface area contributed by atoms with E-state index < -0.39 is 0 Å². The Kier molecular flexibility index (Phi) is 3.80. The zero-order valence-corrected chi connectivity index (χ0v) is 13.6. The number of aromatic nitrogens is 1. The quantitative estimate of drug-likeness (QED) is 0.686. The lowest BCUT2D eigenvalue weighted by atomic mass is 10.1. The maximum Gasteiger partial charge on any atom is 0.188 e. The van der Waals surface area contributed by atoms with Crippen LogP contribution in [-0.2, 0) is 0 Å². The fraction of sp³-hybridized carbons (Fsp3) is 0.0667. The summed E-state index contributed by atoms with van der Waals surface area (Å²) in [4.78, 5) is 4.90. The van der Waals surface area contributed by atoms with Gasteiger partial charge in [0.05, 0.1) is 15.9 Å². The zero-order valence-electron chi connectivity index (χ0n) is 11.2. The molecule has 1 heterocycles. The Balaban J connectivity index is 2.00. The molecule has 0 aliphatic heterocycles. The van der Waals surface area contributed by atoms with Crippen LogP contribution in [0.4, 0.5) is 10.8 Å². The highest BCUT2D eigenvalue weighted by Crippen LogP contribution is 2.31. The molecular weight excluding hydrogens is 322 g/mol. The Hall–Kier alpha value is -1.69. The van der Waals surface area contributed by atoms with Crippen LogP contribution in [0.15, 0.2) is 36.4 Å². The topological polar surface area (TPSA) is 50.9 Å². The van der Waals surface area contributed by atoms with Crippen molar-refractivity contribution in [3.05, 3.63) is 52.5 Å². The van der Waals surface area contributed by atoms with Gasteiger partial charge in [-0.3, -0.25) is 0 Å². The molecule has 2 aromatic carbocycles. The first-order valence-electron chi connectivity index (χ1n) is 6.26. The highest BCUT2D eigenvalue weighted by molar-refractivity contribution is 7.80. The number of benzene rings is 2. The van der Waals surface area contributed by atoms with E-state index in [0.29, 0.717) is 10.0 Å². The number of aryl methyl sites for hydroxylation is 1. The molecule has 3 rings (SSSR count). The molecular formula is C15H12ClN3S2. The minimum absolute atomic E-state index is 0.366. The minimum Gasteiger partial charge on any atom is -0.389 e. The number of fused-ring (bicyclic) bond motifs is 1. The monoisotopic (exact) mass is 333 g/mol. The molecule has 6 heteroatoms. The fourth-order valence-electron chi connectivity index (χ4n) is 2.04. The second-order valence-electron chi connectivity index (χ2n) is 4.67. The normalized spacial score (nSPS) is 10.8. The Morgan fingerprint density at radius 1 is 1.29 bits per heavy atom. The van der Waals surface area contributed by atoms with Crippen LogP contribution in [0, 0.1) is 6.92 Å². The zero-order chi connectivity index (χ0) is 15.0. The summed E-state index contributed by atoms with van der Waals surface area (Å²) >= 11 is 12.6. The second-order valence-corrected chi connectivity index (χ2v) is 6.58.